The van der Waals surface area contributed by atoms with Gasteiger partial charge < -0.3 is 10.2 Å². The Morgan fingerprint density at radius 2 is 1.71 bits per heavy atom. The number of sulfonamides is 1. The molecule has 174 valence electrons. The molecule has 0 radical (unpaired) electrons. The second-order valence-corrected chi connectivity index (χ2v) is 10.3. The lowest BCUT2D eigenvalue weighted by Gasteiger charge is -2.21. The molecule has 0 spiro atoms. The number of carbonyl (C=O) groups excluding carboxylic acids is 2. The van der Waals surface area contributed by atoms with E-state index in [1.54, 1.807) is 16.9 Å². The fourth-order valence-corrected chi connectivity index (χ4v) is 4.93. The Balaban J connectivity index is 2.22. The first kappa shape index (κ1) is 25.3. The average Bonchev–Trinajstić information content (AvgIpc) is 2.94. The van der Waals surface area contributed by atoms with Gasteiger partial charge in [-0.2, -0.15) is 13.2 Å². The Kier molecular flexibility index (Phi) is 7.52. The maximum atomic E-state index is 12.6. The predicted octanol–water partition coefficient (Wildman–Crippen LogP) is 4.20. The first-order valence-corrected chi connectivity index (χ1v) is 11.6. The number of halogens is 4. The van der Waals surface area contributed by atoms with Crippen LogP contribution in [-0.2, 0) is 14.8 Å². The van der Waals surface area contributed by atoms with Crippen LogP contribution in [0.25, 0.3) is 0 Å². The molecule has 1 heterocycles. The maximum Gasteiger partial charge on any atom is 0.406 e. The van der Waals surface area contributed by atoms with Gasteiger partial charge in [-0.15, -0.1) is 0 Å². The normalized spacial score (nSPS) is 17.5. The predicted molar refractivity (Wildman–Crippen MR) is 112 cm³/mol. The number of hydrogen-bond acceptors (Lipinski definition) is 4. The highest BCUT2D eigenvalue weighted by atomic mass is 35.5. The van der Waals surface area contributed by atoms with Gasteiger partial charge in [0.2, 0.25) is 15.9 Å². The molecule has 2 N–H and O–H groups in total. The van der Waals surface area contributed by atoms with E-state index in [9.17, 15) is 31.2 Å². The van der Waals surface area contributed by atoms with Crippen molar-refractivity contribution in [3.63, 3.8) is 0 Å². The van der Waals surface area contributed by atoms with Gasteiger partial charge in [-0.3, -0.25) is 4.79 Å². The van der Waals surface area contributed by atoms with E-state index in [2.05, 4.69) is 5.32 Å². The van der Waals surface area contributed by atoms with E-state index in [-0.39, 0.29) is 24.8 Å². The van der Waals surface area contributed by atoms with E-state index in [0.29, 0.717) is 26.7 Å². The monoisotopic (exact) mass is 483 g/mol. The van der Waals surface area contributed by atoms with Crippen LogP contribution in [0.5, 0.6) is 0 Å². The highest BCUT2D eigenvalue weighted by molar-refractivity contribution is 7.91. The molecular weight excluding hydrogens is 459 g/mol. The molecule has 2 rings (SSSR count). The molecule has 0 bridgehead atoms. The summed E-state index contributed by atoms with van der Waals surface area (Å²) in [6.07, 6.45) is -4.98. The number of alkyl halides is 3. The number of amides is 3. The number of likely N-dealkylation sites (tertiary alicyclic amines) is 1. The first-order valence-electron chi connectivity index (χ1n) is 9.64. The maximum absolute atomic E-state index is 12.6. The van der Waals surface area contributed by atoms with Gasteiger partial charge in [0.15, 0.2) is 5.25 Å². The van der Waals surface area contributed by atoms with Gasteiger partial charge in [0.25, 0.3) is 0 Å². The van der Waals surface area contributed by atoms with Gasteiger partial charge >= 0.3 is 12.2 Å². The van der Waals surface area contributed by atoms with Crippen molar-refractivity contribution in [1.29, 1.82) is 0 Å². The molecular formula is C19H25ClF3N3O4S. The molecule has 0 aromatic heterocycles. The van der Waals surface area contributed by atoms with Crippen LogP contribution in [0.3, 0.4) is 0 Å². The van der Waals surface area contributed by atoms with Crippen molar-refractivity contribution >= 4 is 39.2 Å². The minimum atomic E-state index is -4.64. The Bertz CT molecular complexity index is 936. The number of hydrogen-bond donors (Lipinski definition) is 2. The topological polar surface area (TPSA) is 95.6 Å². The van der Waals surface area contributed by atoms with Gasteiger partial charge in [0, 0.05) is 17.3 Å². The molecule has 1 saturated heterocycles. The van der Waals surface area contributed by atoms with Crippen LogP contribution in [0.4, 0.5) is 23.7 Å². The summed E-state index contributed by atoms with van der Waals surface area (Å²) in [5.41, 5.74) is 1.78. The average molecular weight is 484 g/mol. The van der Waals surface area contributed by atoms with E-state index < -0.39 is 39.9 Å². The van der Waals surface area contributed by atoms with Crippen LogP contribution in [0.1, 0.15) is 57.1 Å². The summed E-state index contributed by atoms with van der Waals surface area (Å²) in [7, 11) is -4.54. The third-order valence-corrected chi connectivity index (χ3v) is 6.75. The summed E-state index contributed by atoms with van der Waals surface area (Å²) in [5.74, 6) is -1.28. The summed E-state index contributed by atoms with van der Waals surface area (Å²) < 4.78 is 64.5. The Labute approximate surface area is 184 Å². The van der Waals surface area contributed by atoms with Gasteiger partial charge in [-0.1, -0.05) is 39.3 Å². The number of urea groups is 1. The summed E-state index contributed by atoms with van der Waals surface area (Å²) in [6.45, 7) is 5.61. The summed E-state index contributed by atoms with van der Waals surface area (Å²) in [5, 5.41) is 1.22. The third-order valence-electron chi connectivity index (χ3n) is 4.87. The van der Waals surface area contributed by atoms with Crippen LogP contribution >= 0.6 is 11.6 Å². The fraction of sp³-hybridized carbons (Fsp3) is 0.579. The number of benzene rings is 1. The summed E-state index contributed by atoms with van der Waals surface area (Å²) in [6, 6.07) is 2.23. The van der Waals surface area contributed by atoms with Gasteiger partial charge in [0.05, 0.1) is 0 Å². The smallest absolute Gasteiger partial charge is 0.332 e. The molecule has 1 aromatic rings. The van der Waals surface area contributed by atoms with Crippen LogP contribution in [-0.4, -0.2) is 49.8 Å². The molecule has 1 unspecified atom stereocenters. The Hall–Kier alpha value is -2.01. The first-order chi connectivity index (χ1) is 14.1. The quantitative estimate of drug-likeness (QED) is 0.633. The lowest BCUT2D eigenvalue weighted by atomic mass is 9.92. The molecule has 12 heteroatoms. The van der Waals surface area contributed by atoms with Crippen LogP contribution < -0.4 is 10.0 Å². The lowest BCUT2D eigenvalue weighted by molar-refractivity contribution is -0.157. The zero-order valence-corrected chi connectivity index (χ0v) is 19.1. The fourth-order valence-electron chi connectivity index (χ4n) is 3.42. The van der Waals surface area contributed by atoms with E-state index in [1.807, 2.05) is 27.7 Å². The molecule has 31 heavy (non-hydrogen) atoms. The highest BCUT2D eigenvalue weighted by Crippen LogP contribution is 2.35. The largest absolute Gasteiger partial charge is 0.406 e. The lowest BCUT2D eigenvalue weighted by Crippen LogP contribution is -2.45. The number of anilines is 1. The minimum absolute atomic E-state index is 0.0459. The van der Waals surface area contributed by atoms with Crippen molar-refractivity contribution in [2.45, 2.75) is 57.4 Å². The van der Waals surface area contributed by atoms with Gasteiger partial charge in [0.1, 0.15) is 6.54 Å². The van der Waals surface area contributed by atoms with Crippen molar-refractivity contribution in [3.05, 3.63) is 28.3 Å². The van der Waals surface area contributed by atoms with E-state index >= 15 is 0 Å². The van der Waals surface area contributed by atoms with Gasteiger partial charge in [-0.05, 0) is 41.5 Å². The second kappa shape index (κ2) is 9.23. The Morgan fingerprint density at radius 1 is 1.19 bits per heavy atom. The number of rotatable bonds is 6. The van der Waals surface area contributed by atoms with Crippen molar-refractivity contribution < 1.29 is 31.2 Å². The standard InChI is InChI=1S/C19H25ClF3N3O4S/c1-10(2)13-7-12(20)8-14(11(3)4)16(13)24-18(28)25-31(29,30)15-5-6-26(17(15)27)9-19(21,22)23/h7-8,10-11,15H,5-6,9H2,1-4H3,(H2,24,25,28). The van der Waals surface area contributed by atoms with Crippen molar-refractivity contribution in [1.82, 2.24) is 9.62 Å². The molecule has 1 aromatic carbocycles. The van der Waals surface area contributed by atoms with Gasteiger partial charge in [-0.25, -0.2) is 17.9 Å². The van der Waals surface area contributed by atoms with E-state index in [0.717, 1.165) is 0 Å². The van der Waals surface area contributed by atoms with Crippen LogP contribution in [0, 0.1) is 0 Å². The number of carbonyl (C=O) groups is 2. The molecule has 0 aliphatic carbocycles. The number of nitrogens with one attached hydrogen (secondary N) is 2. The van der Waals surface area contributed by atoms with Crippen LogP contribution in [0.15, 0.2) is 12.1 Å². The summed E-state index contributed by atoms with van der Waals surface area (Å²) >= 11 is 6.17. The zero-order chi connectivity index (χ0) is 23.7. The second-order valence-electron chi connectivity index (χ2n) is 8.02. The van der Waals surface area contributed by atoms with E-state index in [4.69, 9.17) is 11.6 Å². The molecule has 1 atom stereocenters. The molecule has 1 aliphatic heterocycles. The molecule has 0 saturated carbocycles. The van der Waals surface area contributed by atoms with Crippen LogP contribution in [0.2, 0.25) is 5.02 Å². The highest BCUT2D eigenvalue weighted by Gasteiger charge is 2.45. The molecule has 1 fully saturated rings. The van der Waals surface area contributed by atoms with E-state index in [1.165, 1.54) is 0 Å². The van der Waals surface area contributed by atoms with Crippen molar-refractivity contribution in [2.24, 2.45) is 0 Å². The Morgan fingerprint density at radius 3 is 2.16 bits per heavy atom. The molecule has 7 nitrogen and oxygen atoms in total. The van der Waals surface area contributed by atoms with Crippen molar-refractivity contribution in [2.75, 3.05) is 18.4 Å². The van der Waals surface area contributed by atoms with Crippen molar-refractivity contribution in [3.8, 4) is 0 Å². The minimum Gasteiger partial charge on any atom is -0.332 e. The molecule has 1 aliphatic rings. The SMILES string of the molecule is CC(C)c1cc(Cl)cc(C(C)C)c1NC(=O)NS(=O)(=O)C1CCN(CC(F)(F)F)C1=O. The molecule has 3 amide bonds. The third kappa shape index (κ3) is 6.25. The zero-order valence-electron chi connectivity index (χ0n) is 17.5. The summed E-state index contributed by atoms with van der Waals surface area (Å²) in [4.78, 5) is 25.1. The number of nitrogens with zero attached hydrogens (tertiary/aromatic N) is 1.